The Kier molecular flexibility index (Phi) is 2.62. The molecule has 1 nitrogen and oxygen atoms in total. The summed E-state index contributed by atoms with van der Waals surface area (Å²) in [4.78, 5) is 0. The Morgan fingerprint density at radius 1 is 1.42 bits per heavy atom. The molecular weight excluding hydrogens is 148 g/mol. The van der Waals surface area contributed by atoms with Crippen LogP contribution >= 0.6 is 0 Å². The van der Waals surface area contributed by atoms with Crippen LogP contribution in [0.5, 0.6) is 0 Å². The lowest BCUT2D eigenvalue weighted by Crippen LogP contribution is -2.30. The van der Waals surface area contributed by atoms with E-state index in [0.29, 0.717) is 11.3 Å². The Hall–Kier alpha value is -0.300. The van der Waals surface area contributed by atoms with Crippen molar-refractivity contribution in [2.45, 2.75) is 46.1 Å². The summed E-state index contributed by atoms with van der Waals surface area (Å²) in [5, 5.41) is 9.61. The first-order chi connectivity index (χ1) is 5.41. The lowest BCUT2D eigenvalue weighted by atomic mass is 9.70. The van der Waals surface area contributed by atoms with Crippen LogP contribution in [0.1, 0.15) is 40.0 Å². The van der Waals surface area contributed by atoms with Gasteiger partial charge < -0.3 is 5.11 Å². The van der Waals surface area contributed by atoms with Crippen molar-refractivity contribution in [2.75, 3.05) is 0 Å². The van der Waals surface area contributed by atoms with Crippen LogP contribution < -0.4 is 0 Å². The average Bonchev–Trinajstić information content (AvgIpc) is 1.92. The molecule has 0 unspecified atom stereocenters. The summed E-state index contributed by atoms with van der Waals surface area (Å²) < 4.78 is 0. The van der Waals surface area contributed by atoms with Crippen LogP contribution in [-0.2, 0) is 0 Å². The minimum Gasteiger partial charge on any atom is -0.389 e. The van der Waals surface area contributed by atoms with Gasteiger partial charge in [0.25, 0.3) is 0 Å². The van der Waals surface area contributed by atoms with Crippen LogP contribution in [0.15, 0.2) is 12.2 Å². The highest BCUT2D eigenvalue weighted by Crippen LogP contribution is 2.39. The smallest absolute Gasteiger partial charge is 0.0750 e. The van der Waals surface area contributed by atoms with Gasteiger partial charge in [0.05, 0.1) is 6.10 Å². The topological polar surface area (TPSA) is 20.2 Å². The fraction of sp³-hybridized carbons (Fsp3) is 0.818. The quantitative estimate of drug-likeness (QED) is 0.551. The highest BCUT2D eigenvalue weighted by molar-refractivity contribution is 5.06. The summed E-state index contributed by atoms with van der Waals surface area (Å²) in [5.74, 6) is 0.651. The zero-order chi connectivity index (χ0) is 9.35. The van der Waals surface area contributed by atoms with Crippen LogP contribution in [0.4, 0.5) is 0 Å². The standard InChI is InChI=1S/C11H20O/c1-8-5-6-9(7-10(8)12)11(2,3)4/h9-10,12H,1,5-7H2,2-4H3/t9-,10+/m1/s1. The molecule has 1 aliphatic rings. The highest BCUT2D eigenvalue weighted by atomic mass is 16.3. The van der Waals surface area contributed by atoms with E-state index in [1.54, 1.807) is 0 Å². The van der Waals surface area contributed by atoms with E-state index in [2.05, 4.69) is 27.4 Å². The van der Waals surface area contributed by atoms with E-state index in [9.17, 15) is 5.11 Å². The van der Waals surface area contributed by atoms with Gasteiger partial charge >= 0.3 is 0 Å². The molecule has 70 valence electrons. The second-order valence-corrected chi connectivity index (χ2v) is 5.01. The van der Waals surface area contributed by atoms with Gasteiger partial charge in [-0.25, -0.2) is 0 Å². The molecule has 2 atom stereocenters. The van der Waals surface area contributed by atoms with E-state index in [4.69, 9.17) is 0 Å². The van der Waals surface area contributed by atoms with E-state index in [-0.39, 0.29) is 6.10 Å². The molecule has 0 heterocycles. The Labute approximate surface area is 75.5 Å². The van der Waals surface area contributed by atoms with Gasteiger partial charge in [0, 0.05) is 0 Å². The molecular formula is C11H20O. The van der Waals surface area contributed by atoms with Crippen LogP contribution in [0.2, 0.25) is 0 Å². The third kappa shape index (κ3) is 2.10. The summed E-state index contributed by atoms with van der Waals surface area (Å²) in [6, 6.07) is 0. The molecule has 0 radical (unpaired) electrons. The molecule has 1 heteroatoms. The molecule has 0 bridgehead atoms. The molecule has 0 aliphatic heterocycles. The Bertz CT molecular complexity index is 176. The normalized spacial score (nSPS) is 32.2. The van der Waals surface area contributed by atoms with Gasteiger partial charge in [-0.3, -0.25) is 0 Å². The molecule has 1 fully saturated rings. The Balaban J connectivity index is 2.57. The average molecular weight is 168 g/mol. The maximum atomic E-state index is 9.61. The fourth-order valence-corrected chi connectivity index (χ4v) is 1.87. The van der Waals surface area contributed by atoms with Gasteiger partial charge in [0.1, 0.15) is 0 Å². The number of aliphatic hydroxyl groups excluding tert-OH is 1. The van der Waals surface area contributed by atoms with E-state index < -0.39 is 0 Å². The van der Waals surface area contributed by atoms with Gasteiger partial charge in [-0.15, -0.1) is 0 Å². The molecule has 1 rings (SSSR count). The number of hydrogen-bond donors (Lipinski definition) is 1. The van der Waals surface area contributed by atoms with Gasteiger partial charge in [-0.2, -0.15) is 0 Å². The van der Waals surface area contributed by atoms with Crippen molar-refractivity contribution in [1.29, 1.82) is 0 Å². The summed E-state index contributed by atoms with van der Waals surface area (Å²) >= 11 is 0. The molecule has 1 saturated carbocycles. The maximum absolute atomic E-state index is 9.61. The lowest BCUT2D eigenvalue weighted by Gasteiger charge is -2.36. The Morgan fingerprint density at radius 3 is 2.42 bits per heavy atom. The van der Waals surface area contributed by atoms with Gasteiger partial charge in [0.15, 0.2) is 0 Å². The first-order valence-electron chi connectivity index (χ1n) is 4.77. The molecule has 12 heavy (non-hydrogen) atoms. The van der Waals surface area contributed by atoms with Crippen molar-refractivity contribution in [3.8, 4) is 0 Å². The number of hydrogen-bond acceptors (Lipinski definition) is 1. The minimum absolute atomic E-state index is 0.247. The van der Waals surface area contributed by atoms with E-state index in [0.717, 1.165) is 18.4 Å². The molecule has 0 spiro atoms. The third-order valence-electron chi connectivity index (χ3n) is 3.02. The second-order valence-electron chi connectivity index (χ2n) is 5.01. The number of aliphatic hydroxyl groups is 1. The van der Waals surface area contributed by atoms with Crippen LogP contribution in [-0.4, -0.2) is 11.2 Å². The fourth-order valence-electron chi connectivity index (χ4n) is 1.87. The molecule has 1 aliphatic carbocycles. The zero-order valence-corrected chi connectivity index (χ0v) is 8.43. The lowest BCUT2D eigenvalue weighted by molar-refractivity contribution is 0.0954. The van der Waals surface area contributed by atoms with Crippen LogP contribution in [0.25, 0.3) is 0 Å². The van der Waals surface area contributed by atoms with Crippen molar-refractivity contribution in [1.82, 2.24) is 0 Å². The molecule has 0 aromatic heterocycles. The molecule has 0 amide bonds. The molecule has 0 aromatic rings. The summed E-state index contributed by atoms with van der Waals surface area (Å²) in [5.41, 5.74) is 1.36. The maximum Gasteiger partial charge on any atom is 0.0750 e. The van der Waals surface area contributed by atoms with Gasteiger partial charge in [0.2, 0.25) is 0 Å². The summed E-state index contributed by atoms with van der Waals surface area (Å²) in [7, 11) is 0. The van der Waals surface area contributed by atoms with Crippen molar-refractivity contribution >= 4 is 0 Å². The van der Waals surface area contributed by atoms with Crippen LogP contribution in [0.3, 0.4) is 0 Å². The van der Waals surface area contributed by atoms with Gasteiger partial charge in [-0.1, -0.05) is 27.4 Å². The Morgan fingerprint density at radius 2 is 2.00 bits per heavy atom. The van der Waals surface area contributed by atoms with Crippen molar-refractivity contribution < 1.29 is 5.11 Å². The molecule has 0 aromatic carbocycles. The SMILES string of the molecule is C=C1CC[C@@H](C(C)(C)C)C[C@@H]1O. The molecule has 1 N–H and O–H groups in total. The first kappa shape index (κ1) is 9.79. The highest BCUT2D eigenvalue weighted by Gasteiger charge is 2.31. The van der Waals surface area contributed by atoms with Crippen molar-refractivity contribution in [3.63, 3.8) is 0 Å². The summed E-state index contributed by atoms with van der Waals surface area (Å²) in [6.07, 6.45) is 2.85. The monoisotopic (exact) mass is 168 g/mol. The zero-order valence-electron chi connectivity index (χ0n) is 8.43. The van der Waals surface area contributed by atoms with E-state index in [1.807, 2.05) is 0 Å². The third-order valence-corrected chi connectivity index (χ3v) is 3.02. The van der Waals surface area contributed by atoms with E-state index in [1.165, 1.54) is 6.42 Å². The largest absolute Gasteiger partial charge is 0.389 e. The minimum atomic E-state index is -0.247. The second kappa shape index (κ2) is 3.21. The van der Waals surface area contributed by atoms with E-state index >= 15 is 0 Å². The predicted molar refractivity (Wildman–Crippen MR) is 51.9 cm³/mol. The summed E-state index contributed by atoms with van der Waals surface area (Å²) in [6.45, 7) is 10.6. The van der Waals surface area contributed by atoms with Crippen LogP contribution in [0, 0.1) is 11.3 Å². The van der Waals surface area contributed by atoms with Gasteiger partial charge in [-0.05, 0) is 36.2 Å². The predicted octanol–water partition coefficient (Wildman–Crippen LogP) is 2.75. The number of rotatable bonds is 0. The van der Waals surface area contributed by atoms with Crippen molar-refractivity contribution in [2.24, 2.45) is 11.3 Å². The first-order valence-corrected chi connectivity index (χ1v) is 4.77. The van der Waals surface area contributed by atoms with Crippen molar-refractivity contribution in [3.05, 3.63) is 12.2 Å². The molecule has 0 saturated heterocycles.